The Morgan fingerprint density at radius 1 is 1.38 bits per heavy atom. The molecule has 1 aromatic carbocycles. The second-order valence-corrected chi connectivity index (χ2v) is 6.97. The van der Waals surface area contributed by atoms with Gasteiger partial charge >= 0.3 is 5.97 Å². The highest BCUT2D eigenvalue weighted by Gasteiger charge is 2.24. The molecule has 0 aliphatic carbocycles. The molecule has 0 aliphatic heterocycles. The van der Waals surface area contributed by atoms with Gasteiger partial charge in [0.2, 0.25) is 15.9 Å². The Morgan fingerprint density at radius 2 is 2.00 bits per heavy atom. The number of nitrogens with one attached hydrogen (secondary N) is 1. The van der Waals surface area contributed by atoms with Crippen LogP contribution in [0.3, 0.4) is 0 Å². The molecule has 0 spiro atoms. The van der Waals surface area contributed by atoms with E-state index in [0.717, 1.165) is 4.31 Å². The fraction of sp³-hybridized carbons (Fsp3) is 0.333. The van der Waals surface area contributed by atoms with Gasteiger partial charge in [-0.2, -0.15) is 4.31 Å². The van der Waals surface area contributed by atoms with E-state index in [0.29, 0.717) is 4.47 Å². The Morgan fingerprint density at radius 3 is 2.52 bits per heavy atom. The van der Waals surface area contributed by atoms with Crippen molar-refractivity contribution in [2.24, 2.45) is 0 Å². The molecular weight excluding hydrogens is 364 g/mol. The number of hydrogen-bond acceptors (Lipinski definition) is 5. The highest BCUT2D eigenvalue weighted by molar-refractivity contribution is 9.10. The van der Waals surface area contributed by atoms with Crippen LogP contribution in [0.15, 0.2) is 27.6 Å². The third-order valence-corrected chi connectivity index (χ3v) is 5.19. The fourth-order valence-corrected chi connectivity index (χ4v) is 3.04. The summed E-state index contributed by atoms with van der Waals surface area (Å²) in [6.45, 7) is -0.317. The first kappa shape index (κ1) is 17.6. The molecule has 0 bridgehead atoms. The van der Waals surface area contributed by atoms with Gasteiger partial charge in [-0.15, -0.1) is 0 Å². The number of amides is 1. The van der Waals surface area contributed by atoms with Gasteiger partial charge in [-0.05, 0) is 34.1 Å². The lowest BCUT2D eigenvalue weighted by Crippen LogP contribution is -2.36. The molecule has 0 aromatic heterocycles. The van der Waals surface area contributed by atoms with Gasteiger partial charge in [-0.1, -0.05) is 0 Å². The lowest BCUT2D eigenvalue weighted by molar-refractivity contribution is -0.120. The maximum absolute atomic E-state index is 12.3. The summed E-state index contributed by atoms with van der Waals surface area (Å²) in [6, 6.07) is 3.98. The Bertz CT molecular complexity index is 660. The predicted octanol–water partition coefficient (Wildman–Crippen LogP) is 0.602. The number of rotatable bonds is 5. The minimum Gasteiger partial charge on any atom is -0.465 e. The lowest BCUT2D eigenvalue weighted by Gasteiger charge is -2.17. The molecule has 0 unspecified atom stereocenters. The third kappa shape index (κ3) is 4.02. The summed E-state index contributed by atoms with van der Waals surface area (Å²) in [7, 11) is 0.0174. The van der Waals surface area contributed by atoms with Crippen LogP contribution in [0.2, 0.25) is 0 Å². The van der Waals surface area contributed by atoms with Gasteiger partial charge in [0.15, 0.2) is 0 Å². The molecule has 1 N–H and O–H groups in total. The molecule has 21 heavy (non-hydrogen) atoms. The van der Waals surface area contributed by atoms with E-state index >= 15 is 0 Å². The second kappa shape index (κ2) is 7.01. The zero-order chi connectivity index (χ0) is 16.2. The summed E-state index contributed by atoms with van der Waals surface area (Å²) >= 11 is 3.15. The number of likely N-dealkylation sites (N-methyl/N-ethyl adjacent to an activating group) is 2. The number of benzene rings is 1. The lowest BCUT2D eigenvalue weighted by atomic mass is 10.2. The average molecular weight is 379 g/mol. The van der Waals surface area contributed by atoms with Crippen LogP contribution in [0.5, 0.6) is 0 Å². The first-order valence-electron chi connectivity index (χ1n) is 5.78. The van der Waals surface area contributed by atoms with E-state index in [2.05, 4.69) is 26.0 Å². The minimum absolute atomic E-state index is 0.0897. The van der Waals surface area contributed by atoms with Crippen molar-refractivity contribution in [2.45, 2.75) is 4.90 Å². The number of halogens is 1. The number of ether oxygens (including phenoxy) is 1. The van der Waals surface area contributed by atoms with Crippen molar-refractivity contribution in [3.05, 3.63) is 28.2 Å². The number of nitrogens with zero attached hydrogens (tertiary/aromatic N) is 1. The van der Waals surface area contributed by atoms with Gasteiger partial charge in [0.1, 0.15) is 0 Å². The van der Waals surface area contributed by atoms with E-state index in [1.807, 2.05) is 0 Å². The zero-order valence-electron chi connectivity index (χ0n) is 11.7. The van der Waals surface area contributed by atoms with Crippen LogP contribution < -0.4 is 5.32 Å². The zero-order valence-corrected chi connectivity index (χ0v) is 14.1. The van der Waals surface area contributed by atoms with Crippen molar-refractivity contribution in [3.63, 3.8) is 0 Å². The molecule has 0 fully saturated rings. The molecule has 1 aromatic rings. The molecule has 116 valence electrons. The Labute approximate surface area is 131 Å². The van der Waals surface area contributed by atoms with Gasteiger partial charge in [0.25, 0.3) is 0 Å². The molecule has 7 nitrogen and oxygen atoms in total. The smallest absolute Gasteiger partial charge is 0.339 e. The average Bonchev–Trinajstić information content (AvgIpc) is 2.46. The Hall–Kier alpha value is -1.45. The monoisotopic (exact) mass is 378 g/mol. The molecule has 1 rings (SSSR count). The number of hydrogen-bond donors (Lipinski definition) is 1. The number of sulfonamides is 1. The van der Waals surface area contributed by atoms with E-state index in [9.17, 15) is 18.0 Å². The van der Waals surface area contributed by atoms with E-state index in [-0.39, 0.29) is 17.0 Å². The van der Waals surface area contributed by atoms with Gasteiger partial charge in [-0.25, -0.2) is 13.2 Å². The summed E-state index contributed by atoms with van der Waals surface area (Å²) < 4.78 is 30.6. The van der Waals surface area contributed by atoms with Crippen LogP contribution in [-0.4, -0.2) is 52.3 Å². The maximum Gasteiger partial charge on any atom is 0.339 e. The maximum atomic E-state index is 12.3. The van der Waals surface area contributed by atoms with E-state index in [4.69, 9.17) is 0 Å². The summed E-state index contributed by atoms with van der Waals surface area (Å²) in [5, 5.41) is 2.34. The number of carbonyl (C=O) groups is 2. The van der Waals surface area contributed by atoms with E-state index in [1.54, 1.807) is 0 Å². The summed E-state index contributed by atoms with van der Waals surface area (Å²) in [4.78, 5) is 22.8. The molecule has 0 aliphatic rings. The fourth-order valence-electron chi connectivity index (χ4n) is 1.48. The summed E-state index contributed by atoms with van der Waals surface area (Å²) in [6.07, 6.45) is 0. The summed E-state index contributed by atoms with van der Waals surface area (Å²) in [5.41, 5.74) is 0.0897. The van der Waals surface area contributed by atoms with Crippen molar-refractivity contribution in [3.8, 4) is 0 Å². The number of carbonyl (C=O) groups excluding carboxylic acids is 2. The Kier molecular flexibility index (Phi) is 5.87. The topological polar surface area (TPSA) is 92.8 Å². The van der Waals surface area contributed by atoms with Crippen molar-refractivity contribution in [1.29, 1.82) is 0 Å². The third-order valence-electron chi connectivity index (χ3n) is 2.70. The van der Waals surface area contributed by atoms with Crippen LogP contribution in [0, 0.1) is 0 Å². The highest BCUT2D eigenvalue weighted by atomic mass is 79.9. The molecule has 0 saturated carbocycles. The van der Waals surface area contributed by atoms with Gasteiger partial charge in [0, 0.05) is 18.6 Å². The largest absolute Gasteiger partial charge is 0.465 e. The van der Waals surface area contributed by atoms with Gasteiger partial charge in [0.05, 0.1) is 24.1 Å². The predicted molar refractivity (Wildman–Crippen MR) is 79.4 cm³/mol. The Balaban J connectivity index is 3.20. The first-order chi connectivity index (χ1) is 9.73. The van der Waals surface area contributed by atoms with Crippen molar-refractivity contribution >= 4 is 37.8 Å². The van der Waals surface area contributed by atoms with Crippen molar-refractivity contribution < 1.29 is 22.7 Å². The van der Waals surface area contributed by atoms with Crippen molar-refractivity contribution in [2.75, 3.05) is 27.7 Å². The van der Waals surface area contributed by atoms with Crippen LogP contribution in [0.25, 0.3) is 0 Å². The van der Waals surface area contributed by atoms with Gasteiger partial charge < -0.3 is 10.1 Å². The SMILES string of the molecule is CNC(=O)CN(C)S(=O)(=O)c1ccc(Br)c(C(=O)OC)c1. The van der Waals surface area contributed by atoms with Crippen molar-refractivity contribution in [1.82, 2.24) is 9.62 Å². The molecular formula is C12H15BrN2O5S. The summed E-state index contributed by atoms with van der Waals surface area (Å²) in [5.74, 6) is -1.10. The van der Waals surface area contributed by atoms with Gasteiger partial charge in [-0.3, -0.25) is 4.79 Å². The van der Waals surface area contributed by atoms with E-state index in [1.165, 1.54) is 39.4 Å². The quantitative estimate of drug-likeness (QED) is 0.757. The number of methoxy groups -OCH3 is 1. The first-order valence-corrected chi connectivity index (χ1v) is 8.02. The minimum atomic E-state index is -3.88. The standard InChI is InChI=1S/C12H15BrN2O5S/c1-14-11(16)7-15(2)21(18,19)8-4-5-10(13)9(6-8)12(17)20-3/h4-6H,7H2,1-3H3,(H,14,16). The van der Waals surface area contributed by atoms with Crippen LogP contribution in [0.1, 0.15) is 10.4 Å². The molecule has 0 atom stereocenters. The molecule has 0 saturated heterocycles. The van der Waals surface area contributed by atoms with Crippen LogP contribution in [-0.2, 0) is 19.6 Å². The molecule has 0 radical (unpaired) electrons. The second-order valence-electron chi connectivity index (χ2n) is 4.07. The van der Waals surface area contributed by atoms with Crippen LogP contribution >= 0.6 is 15.9 Å². The molecule has 1 amide bonds. The van der Waals surface area contributed by atoms with E-state index < -0.39 is 21.9 Å². The highest BCUT2D eigenvalue weighted by Crippen LogP contribution is 2.23. The molecule has 0 heterocycles. The normalized spacial score (nSPS) is 11.3. The molecule has 9 heteroatoms. The van der Waals surface area contributed by atoms with Crippen LogP contribution in [0.4, 0.5) is 0 Å². The number of esters is 1.